The van der Waals surface area contributed by atoms with Crippen LogP contribution in [0.2, 0.25) is 0 Å². The molecule has 2 aromatic rings. The van der Waals surface area contributed by atoms with E-state index in [1.54, 1.807) is 22.3 Å². The Kier molecular flexibility index (Phi) is 6.84. The Bertz CT molecular complexity index is 992. The first-order chi connectivity index (χ1) is 15.7. The molecule has 4 rings (SSSR count). The second-order valence-corrected chi connectivity index (χ2v) is 8.89. The smallest absolute Gasteiger partial charge is 0.0611 e. The van der Waals surface area contributed by atoms with E-state index in [-0.39, 0.29) is 11.5 Å². The van der Waals surface area contributed by atoms with Gasteiger partial charge in [-0.15, -0.1) is 0 Å². The average Bonchev–Trinajstić information content (AvgIpc) is 3.11. The van der Waals surface area contributed by atoms with E-state index in [1.165, 1.54) is 5.56 Å². The molecule has 1 nitrogen and oxygen atoms in total. The third kappa shape index (κ3) is 3.90. The fourth-order valence-corrected chi connectivity index (χ4v) is 5.96. The molecule has 0 saturated heterocycles. The summed E-state index contributed by atoms with van der Waals surface area (Å²) in [6, 6.07) is 21.6. The summed E-state index contributed by atoms with van der Waals surface area (Å²) in [4.78, 5) is 0. The van der Waals surface area contributed by atoms with Crippen LogP contribution in [0.1, 0.15) is 65.0 Å². The SMILES string of the molecule is CCC1=C(CC)C2(C=CC(C(Nc3ccccc3)c3ccccc3)C=C2)C(CC)=C1CC. The van der Waals surface area contributed by atoms with Crippen molar-refractivity contribution < 1.29 is 0 Å². The van der Waals surface area contributed by atoms with E-state index in [9.17, 15) is 0 Å². The maximum atomic E-state index is 3.81. The zero-order valence-corrected chi connectivity index (χ0v) is 20.1. The van der Waals surface area contributed by atoms with Crippen molar-refractivity contribution in [1.29, 1.82) is 0 Å². The second-order valence-electron chi connectivity index (χ2n) is 8.89. The summed E-state index contributed by atoms with van der Waals surface area (Å²) >= 11 is 0. The lowest BCUT2D eigenvalue weighted by Gasteiger charge is -2.35. The minimum Gasteiger partial charge on any atom is -0.377 e. The number of rotatable bonds is 8. The van der Waals surface area contributed by atoms with Gasteiger partial charge in [-0.1, -0.05) is 101 Å². The fourth-order valence-electron chi connectivity index (χ4n) is 5.96. The number of anilines is 1. The van der Waals surface area contributed by atoms with Crippen LogP contribution < -0.4 is 5.32 Å². The van der Waals surface area contributed by atoms with Gasteiger partial charge >= 0.3 is 0 Å². The number of hydrogen-bond acceptors (Lipinski definition) is 1. The molecule has 0 fully saturated rings. The van der Waals surface area contributed by atoms with Crippen molar-refractivity contribution in [2.45, 2.75) is 59.4 Å². The second kappa shape index (κ2) is 9.77. The number of hydrogen-bond donors (Lipinski definition) is 1. The van der Waals surface area contributed by atoms with E-state index in [0.717, 1.165) is 31.4 Å². The van der Waals surface area contributed by atoms with Crippen LogP contribution in [0, 0.1) is 11.3 Å². The molecule has 1 spiro atoms. The van der Waals surface area contributed by atoms with Gasteiger partial charge in [-0.25, -0.2) is 0 Å². The number of nitrogens with one attached hydrogen (secondary N) is 1. The largest absolute Gasteiger partial charge is 0.377 e. The van der Waals surface area contributed by atoms with Crippen LogP contribution in [0.15, 0.2) is 107 Å². The third-order valence-electron chi connectivity index (χ3n) is 7.31. The summed E-state index contributed by atoms with van der Waals surface area (Å²) < 4.78 is 0. The lowest BCUT2D eigenvalue weighted by atomic mass is 9.69. The van der Waals surface area contributed by atoms with Crippen molar-refractivity contribution in [2.24, 2.45) is 11.3 Å². The first-order valence-electron chi connectivity index (χ1n) is 12.4. The number of allylic oxidation sites excluding steroid dienone is 6. The van der Waals surface area contributed by atoms with Gasteiger partial charge in [0.25, 0.3) is 0 Å². The standard InChI is InChI=1S/C31H37N/c1-5-26-27(6-2)29(8-4)31(28(26)7-3)21-19-24(20-22-31)30(23-15-11-9-12-16-23)32-25-17-13-10-14-18-25/h9-22,24,30,32H,5-8H2,1-4H3. The Balaban J connectivity index is 1.72. The molecular formula is C31H37N. The highest BCUT2D eigenvalue weighted by atomic mass is 14.9. The van der Waals surface area contributed by atoms with Crippen LogP contribution >= 0.6 is 0 Å². The van der Waals surface area contributed by atoms with Gasteiger partial charge in [-0.05, 0) is 65.7 Å². The summed E-state index contributed by atoms with van der Waals surface area (Å²) in [6.07, 6.45) is 14.5. The highest BCUT2D eigenvalue weighted by molar-refractivity contribution is 5.60. The predicted molar refractivity (Wildman–Crippen MR) is 139 cm³/mol. The lowest BCUT2D eigenvalue weighted by Crippen LogP contribution is -2.26. The van der Waals surface area contributed by atoms with Gasteiger partial charge in [0.05, 0.1) is 6.04 Å². The van der Waals surface area contributed by atoms with Crippen molar-refractivity contribution in [1.82, 2.24) is 0 Å². The normalized spacial score (nSPS) is 18.6. The molecule has 0 radical (unpaired) electrons. The maximum absolute atomic E-state index is 3.81. The van der Waals surface area contributed by atoms with E-state index < -0.39 is 0 Å². The van der Waals surface area contributed by atoms with Crippen LogP contribution in [0.5, 0.6) is 0 Å². The van der Waals surface area contributed by atoms with Crippen LogP contribution in [-0.2, 0) is 0 Å². The Labute approximate surface area is 194 Å². The van der Waals surface area contributed by atoms with Gasteiger partial charge in [0.15, 0.2) is 0 Å². The van der Waals surface area contributed by atoms with Gasteiger partial charge in [-0.3, -0.25) is 0 Å². The van der Waals surface area contributed by atoms with Crippen LogP contribution in [0.4, 0.5) is 5.69 Å². The van der Waals surface area contributed by atoms with E-state index in [4.69, 9.17) is 0 Å². The monoisotopic (exact) mass is 423 g/mol. The van der Waals surface area contributed by atoms with Gasteiger partial charge in [0.1, 0.15) is 0 Å². The van der Waals surface area contributed by atoms with Gasteiger partial charge in [0, 0.05) is 17.0 Å². The van der Waals surface area contributed by atoms with Gasteiger partial charge < -0.3 is 5.32 Å². The quantitative estimate of drug-likeness (QED) is 0.418. The maximum Gasteiger partial charge on any atom is 0.0611 e. The van der Waals surface area contributed by atoms with E-state index in [0.29, 0.717) is 5.92 Å². The zero-order chi connectivity index (χ0) is 22.6. The Hall–Kier alpha value is -2.80. The number of para-hydroxylation sites is 1. The molecule has 2 aliphatic carbocycles. The van der Waals surface area contributed by atoms with Crippen molar-refractivity contribution >= 4 is 5.69 Å². The lowest BCUT2D eigenvalue weighted by molar-refractivity contribution is 0.587. The molecule has 1 atom stereocenters. The fraction of sp³-hybridized carbons (Fsp3) is 0.355. The van der Waals surface area contributed by atoms with E-state index in [2.05, 4.69) is 118 Å². The molecule has 166 valence electrons. The first kappa shape index (κ1) is 22.4. The van der Waals surface area contributed by atoms with Gasteiger partial charge in [-0.2, -0.15) is 0 Å². The minimum atomic E-state index is -0.00925. The minimum absolute atomic E-state index is 0.00925. The molecular weight excluding hydrogens is 386 g/mol. The van der Waals surface area contributed by atoms with Crippen LogP contribution in [0.25, 0.3) is 0 Å². The molecule has 1 heteroatoms. The summed E-state index contributed by atoms with van der Waals surface area (Å²) in [5.41, 5.74) is 8.93. The van der Waals surface area contributed by atoms with E-state index >= 15 is 0 Å². The highest BCUT2D eigenvalue weighted by Gasteiger charge is 2.42. The van der Waals surface area contributed by atoms with Crippen LogP contribution in [0.3, 0.4) is 0 Å². The Morgan fingerprint density at radius 3 is 1.66 bits per heavy atom. The highest BCUT2D eigenvalue weighted by Crippen LogP contribution is 2.55. The molecule has 0 saturated carbocycles. The van der Waals surface area contributed by atoms with Crippen molar-refractivity contribution in [2.75, 3.05) is 5.32 Å². The zero-order valence-electron chi connectivity index (χ0n) is 20.1. The third-order valence-corrected chi connectivity index (χ3v) is 7.31. The summed E-state index contributed by atoms with van der Waals surface area (Å²) in [7, 11) is 0. The summed E-state index contributed by atoms with van der Waals surface area (Å²) in [6.45, 7) is 9.30. The van der Waals surface area contributed by atoms with Gasteiger partial charge in [0.2, 0.25) is 0 Å². The molecule has 1 N–H and O–H groups in total. The Morgan fingerprint density at radius 2 is 1.19 bits per heavy atom. The molecule has 0 heterocycles. The number of benzene rings is 2. The molecule has 0 bridgehead atoms. The topological polar surface area (TPSA) is 12.0 Å². The van der Waals surface area contributed by atoms with Crippen molar-refractivity contribution in [3.63, 3.8) is 0 Å². The predicted octanol–water partition coefficient (Wildman–Crippen LogP) is 8.82. The molecule has 2 aliphatic rings. The van der Waals surface area contributed by atoms with Crippen LogP contribution in [-0.4, -0.2) is 0 Å². The molecule has 0 aromatic heterocycles. The average molecular weight is 424 g/mol. The molecule has 1 unspecified atom stereocenters. The van der Waals surface area contributed by atoms with Crippen molar-refractivity contribution in [3.8, 4) is 0 Å². The Morgan fingerprint density at radius 1 is 0.688 bits per heavy atom. The molecule has 2 aromatic carbocycles. The molecule has 0 aliphatic heterocycles. The summed E-state index contributed by atoms with van der Waals surface area (Å²) in [5.74, 6) is 0.301. The van der Waals surface area contributed by atoms with E-state index in [1.807, 2.05) is 0 Å². The molecule has 0 amide bonds. The summed E-state index contributed by atoms with van der Waals surface area (Å²) in [5, 5.41) is 3.81. The van der Waals surface area contributed by atoms with Crippen molar-refractivity contribution in [3.05, 3.63) is 113 Å². The molecule has 32 heavy (non-hydrogen) atoms. The first-order valence-corrected chi connectivity index (χ1v) is 12.4.